The van der Waals surface area contributed by atoms with Crippen LogP contribution in [0.2, 0.25) is 10.0 Å². The molecule has 0 aliphatic rings. The lowest BCUT2D eigenvalue weighted by Crippen LogP contribution is -2.51. The van der Waals surface area contributed by atoms with Gasteiger partial charge in [0.05, 0.1) is 10.6 Å². The number of sulfonamides is 1. The number of nitrogens with zero attached hydrogens (tertiary/aromatic N) is 2. The summed E-state index contributed by atoms with van der Waals surface area (Å²) >= 11 is 12.1. The number of hydrogen-bond acceptors (Lipinski definition) is 4. The van der Waals surface area contributed by atoms with Gasteiger partial charge in [0.15, 0.2) is 0 Å². The second kappa shape index (κ2) is 13.1. The van der Waals surface area contributed by atoms with Gasteiger partial charge in [-0.15, -0.1) is 0 Å². The summed E-state index contributed by atoms with van der Waals surface area (Å²) in [6.45, 7) is 5.57. The van der Waals surface area contributed by atoms with Crippen molar-refractivity contribution in [1.29, 1.82) is 0 Å². The van der Waals surface area contributed by atoms with E-state index in [1.165, 1.54) is 35.2 Å². The number of amides is 2. The monoisotopic (exact) mass is 575 g/mol. The predicted molar refractivity (Wildman–Crippen MR) is 152 cm³/mol. The van der Waals surface area contributed by atoms with Gasteiger partial charge < -0.3 is 10.2 Å². The average Bonchev–Trinajstić information content (AvgIpc) is 2.88. The van der Waals surface area contributed by atoms with Crippen LogP contribution in [0.1, 0.15) is 31.4 Å². The van der Waals surface area contributed by atoms with Crippen molar-refractivity contribution >= 4 is 50.7 Å². The minimum atomic E-state index is -4.19. The molecule has 38 heavy (non-hydrogen) atoms. The van der Waals surface area contributed by atoms with E-state index in [9.17, 15) is 18.0 Å². The maximum atomic E-state index is 13.8. The molecule has 7 nitrogen and oxygen atoms in total. The number of carbonyl (C=O) groups is 2. The zero-order valence-electron chi connectivity index (χ0n) is 21.5. The maximum absolute atomic E-state index is 13.8. The number of nitrogens with one attached hydrogen (secondary N) is 1. The molecule has 0 spiro atoms. The molecule has 3 aromatic rings. The van der Waals surface area contributed by atoms with Gasteiger partial charge in [-0.1, -0.05) is 66.0 Å². The van der Waals surface area contributed by atoms with Gasteiger partial charge in [-0.2, -0.15) is 0 Å². The van der Waals surface area contributed by atoms with Crippen molar-refractivity contribution in [2.75, 3.05) is 17.4 Å². The highest BCUT2D eigenvalue weighted by atomic mass is 35.5. The molecule has 0 heterocycles. The van der Waals surface area contributed by atoms with Crippen LogP contribution in [0.25, 0.3) is 0 Å². The molecule has 0 unspecified atom stereocenters. The van der Waals surface area contributed by atoms with E-state index in [2.05, 4.69) is 5.32 Å². The van der Waals surface area contributed by atoms with Crippen molar-refractivity contribution < 1.29 is 18.0 Å². The second-order valence-electron chi connectivity index (χ2n) is 8.92. The summed E-state index contributed by atoms with van der Waals surface area (Å²) < 4.78 is 28.5. The first-order valence-corrected chi connectivity index (χ1v) is 14.4. The topological polar surface area (TPSA) is 86.8 Å². The number of halogens is 2. The molecule has 3 aromatic carbocycles. The van der Waals surface area contributed by atoms with E-state index in [1.54, 1.807) is 25.1 Å². The van der Waals surface area contributed by atoms with Gasteiger partial charge >= 0.3 is 0 Å². The van der Waals surface area contributed by atoms with Gasteiger partial charge in [0.2, 0.25) is 11.8 Å². The molecule has 3 rings (SSSR count). The van der Waals surface area contributed by atoms with Crippen LogP contribution < -0.4 is 9.62 Å². The fourth-order valence-electron chi connectivity index (χ4n) is 3.88. The SMILES string of the molecule is CCCNC(=O)[C@@H](C)N(Cc1cccc(C)c1)C(=O)CN(c1cccc(Cl)c1)S(=O)(=O)c1ccc(Cl)cc1. The van der Waals surface area contributed by atoms with Gasteiger partial charge in [-0.25, -0.2) is 8.42 Å². The number of benzene rings is 3. The highest BCUT2D eigenvalue weighted by Crippen LogP contribution is 2.27. The summed E-state index contributed by atoms with van der Waals surface area (Å²) in [4.78, 5) is 28.1. The van der Waals surface area contributed by atoms with Gasteiger partial charge in [0.25, 0.3) is 10.0 Å². The molecule has 1 atom stereocenters. The lowest BCUT2D eigenvalue weighted by Gasteiger charge is -2.32. The summed E-state index contributed by atoms with van der Waals surface area (Å²) in [7, 11) is -4.19. The molecule has 0 radical (unpaired) electrons. The normalized spacial score (nSPS) is 12.0. The minimum Gasteiger partial charge on any atom is -0.354 e. The van der Waals surface area contributed by atoms with Crippen LogP contribution in [0.5, 0.6) is 0 Å². The van der Waals surface area contributed by atoms with Crippen LogP contribution in [-0.2, 0) is 26.2 Å². The van der Waals surface area contributed by atoms with E-state index in [-0.39, 0.29) is 23.0 Å². The number of aryl methyl sites for hydroxylation is 1. The van der Waals surface area contributed by atoms with E-state index in [4.69, 9.17) is 23.2 Å². The first-order valence-electron chi connectivity index (χ1n) is 12.2. The molecule has 0 bridgehead atoms. The Balaban J connectivity index is 2.02. The number of hydrogen-bond donors (Lipinski definition) is 1. The lowest BCUT2D eigenvalue weighted by molar-refractivity contribution is -0.139. The van der Waals surface area contributed by atoms with Crippen molar-refractivity contribution in [1.82, 2.24) is 10.2 Å². The third-order valence-electron chi connectivity index (χ3n) is 5.93. The summed E-state index contributed by atoms with van der Waals surface area (Å²) in [6, 6.07) is 18.7. The largest absolute Gasteiger partial charge is 0.354 e. The second-order valence-corrected chi connectivity index (χ2v) is 11.7. The predicted octanol–water partition coefficient (Wildman–Crippen LogP) is 5.44. The van der Waals surface area contributed by atoms with Crippen molar-refractivity contribution in [3.63, 3.8) is 0 Å². The molecule has 0 aliphatic heterocycles. The molecule has 1 N–H and O–H groups in total. The fraction of sp³-hybridized carbons (Fsp3) is 0.286. The molecule has 0 aliphatic carbocycles. The molecular weight excluding hydrogens is 545 g/mol. The Morgan fingerprint density at radius 3 is 2.26 bits per heavy atom. The molecular formula is C28H31Cl2N3O4S. The van der Waals surface area contributed by atoms with Crippen LogP contribution in [0.15, 0.2) is 77.7 Å². The van der Waals surface area contributed by atoms with Crippen molar-refractivity contribution in [3.8, 4) is 0 Å². The minimum absolute atomic E-state index is 0.0337. The van der Waals surface area contributed by atoms with Crippen LogP contribution in [0, 0.1) is 6.92 Å². The summed E-state index contributed by atoms with van der Waals surface area (Å²) in [5.74, 6) is -0.856. The van der Waals surface area contributed by atoms with E-state index in [0.29, 0.717) is 16.6 Å². The Morgan fingerprint density at radius 1 is 0.947 bits per heavy atom. The van der Waals surface area contributed by atoms with Crippen LogP contribution in [0.4, 0.5) is 5.69 Å². The van der Waals surface area contributed by atoms with Crippen molar-refractivity contribution in [3.05, 3.63) is 94.0 Å². The van der Waals surface area contributed by atoms with Gasteiger partial charge in [-0.3, -0.25) is 13.9 Å². The average molecular weight is 577 g/mol. The highest BCUT2D eigenvalue weighted by molar-refractivity contribution is 7.92. The molecule has 10 heteroatoms. The van der Waals surface area contributed by atoms with Gasteiger partial charge in [0, 0.05) is 23.1 Å². The standard InChI is InChI=1S/C28H31Cl2N3O4S/c1-4-15-31-28(35)21(3)32(18-22-8-5-7-20(2)16-22)27(34)19-33(25-10-6-9-24(30)17-25)38(36,37)26-13-11-23(29)12-14-26/h5-14,16-17,21H,4,15,18-19H2,1-3H3,(H,31,35)/t21-/m1/s1. The lowest BCUT2D eigenvalue weighted by atomic mass is 10.1. The van der Waals surface area contributed by atoms with E-state index >= 15 is 0 Å². The zero-order chi connectivity index (χ0) is 27.9. The first-order chi connectivity index (χ1) is 18.0. The number of carbonyl (C=O) groups excluding carboxylic acids is 2. The van der Waals surface area contributed by atoms with Gasteiger partial charge in [-0.05, 0) is 68.3 Å². The van der Waals surface area contributed by atoms with Crippen LogP contribution >= 0.6 is 23.2 Å². The molecule has 2 amide bonds. The Bertz CT molecular complexity index is 1380. The van der Waals surface area contributed by atoms with E-state index < -0.39 is 28.5 Å². The van der Waals surface area contributed by atoms with Crippen molar-refractivity contribution in [2.24, 2.45) is 0 Å². The molecule has 202 valence electrons. The Kier molecular flexibility index (Phi) is 10.2. The van der Waals surface area contributed by atoms with Crippen LogP contribution in [-0.4, -0.2) is 44.3 Å². The number of anilines is 1. The smallest absolute Gasteiger partial charge is 0.264 e. The molecule has 0 aromatic heterocycles. The third kappa shape index (κ3) is 7.49. The van der Waals surface area contributed by atoms with Crippen LogP contribution in [0.3, 0.4) is 0 Å². The fourth-order valence-corrected chi connectivity index (χ4v) is 5.60. The number of rotatable bonds is 11. The Labute approximate surface area is 234 Å². The van der Waals surface area contributed by atoms with E-state index in [0.717, 1.165) is 21.9 Å². The maximum Gasteiger partial charge on any atom is 0.264 e. The molecule has 0 saturated carbocycles. The zero-order valence-corrected chi connectivity index (χ0v) is 23.9. The van der Waals surface area contributed by atoms with Crippen molar-refractivity contribution in [2.45, 2.75) is 44.7 Å². The van der Waals surface area contributed by atoms with E-state index in [1.807, 2.05) is 38.1 Å². The first kappa shape index (κ1) is 29.5. The summed E-state index contributed by atoms with van der Waals surface area (Å²) in [5, 5.41) is 3.52. The molecule has 0 fully saturated rings. The van der Waals surface area contributed by atoms with Gasteiger partial charge in [0.1, 0.15) is 12.6 Å². The highest BCUT2D eigenvalue weighted by Gasteiger charge is 2.32. The summed E-state index contributed by atoms with van der Waals surface area (Å²) in [5.41, 5.74) is 2.05. The Morgan fingerprint density at radius 2 is 1.63 bits per heavy atom. The quantitative estimate of drug-likeness (QED) is 0.330. The molecule has 0 saturated heterocycles. The Hall–Kier alpha value is -3.07. The summed E-state index contributed by atoms with van der Waals surface area (Å²) in [6.07, 6.45) is 0.742. The third-order valence-corrected chi connectivity index (χ3v) is 8.20.